The molecule has 0 spiro atoms. The van der Waals surface area contributed by atoms with Crippen molar-refractivity contribution < 1.29 is 29.3 Å². The van der Waals surface area contributed by atoms with Gasteiger partial charge >= 0.3 is 11.9 Å². The first-order valence-corrected chi connectivity index (χ1v) is 11.6. The summed E-state index contributed by atoms with van der Waals surface area (Å²) in [5, 5.41) is 14.8. The molecule has 3 aromatic rings. The minimum atomic E-state index is -1.82. The molecule has 0 saturated carbocycles. The number of hydrogen-bond donors (Lipinski definition) is 2. The van der Waals surface area contributed by atoms with Crippen LogP contribution in [0.5, 0.6) is 11.5 Å². The summed E-state index contributed by atoms with van der Waals surface area (Å²) < 4.78 is 11.6. The van der Waals surface area contributed by atoms with Crippen LogP contribution < -0.4 is 9.47 Å². The number of aromatic nitrogens is 1. The first-order chi connectivity index (χ1) is 17.4. The number of nitrogens with zero attached hydrogens (tertiary/aromatic N) is 3. The summed E-state index contributed by atoms with van der Waals surface area (Å²) in [6, 6.07) is 20.7. The van der Waals surface area contributed by atoms with Gasteiger partial charge in [-0.05, 0) is 41.0 Å². The highest BCUT2D eigenvalue weighted by atomic mass is 16.5. The Kier molecular flexibility index (Phi) is 10.2. The van der Waals surface area contributed by atoms with Gasteiger partial charge in [-0.3, -0.25) is 14.8 Å². The van der Waals surface area contributed by atoms with Crippen molar-refractivity contribution in [2.75, 3.05) is 33.3 Å². The van der Waals surface area contributed by atoms with E-state index in [1.165, 1.54) is 11.1 Å². The Labute approximate surface area is 210 Å². The Balaban J connectivity index is 0.000000538. The fourth-order valence-corrected chi connectivity index (χ4v) is 3.78. The van der Waals surface area contributed by atoms with Gasteiger partial charge in [0.05, 0.1) is 7.11 Å². The molecule has 9 nitrogen and oxygen atoms in total. The molecule has 0 bridgehead atoms. The number of rotatable bonds is 8. The van der Waals surface area contributed by atoms with E-state index in [2.05, 4.69) is 51.2 Å². The molecule has 0 aliphatic carbocycles. The Hall–Kier alpha value is -3.95. The van der Waals surface area contributed by atoms with Gasteiger partial charge in [-0.25, -0.2) is 9.59 Å². The summed E-state index contributed by atoms with van der Waals surface area (Å²) in [7, 11) is 1.69. The Morgan fingerprint density at radius 3 is 1.92 bits per heavy atom. The maximum Gasteiger partial charge on any atom is 0.414 e. The number of pyridine rings is 1. The van der Waals surface area contributed by atoms with Crippen LogP contribution in [0.15, 0.2) is 73.1 Å². The van der Waals surface area contributed by atoms with Gasteiger partial charge in [-0.15, -0.1) is 0 Å². The van der Waals surface area contributed by atoms with Crippen LogP contribution in [0, 0.1) is 0 Å². The smallest absolute Gasteiger partial charge is 0.414 e. The lowest BCUT2D eigenvalue weighted by atomic mass is 10.1. The van der Waals surface area contributed by atoms with E-state index >= 15 is 0 Å². The molecule has 2 aromatic carbocycles. The summed E-state index contributed by atoms with van der Waals surface area (Å²) in [5.74, 6) is -2.07. The standard InChI is InChI=1S/C25H29N3O2.C2H2O4/c1-29-24-8-7-23(17-25(24)30-20-22-5-3-2-4-6-22)19-28-15-13-27(14-16-28)18-21-9-11-26-12-10-21;3-1(4)2(5)6/h2-12,17H,13-16,18-20H2,1H3;(H,3,4)(H,5,6). The predicted octanol–water partition coefficient (Wildman–Crippen LogP) is 3.14. The van der Waals surface area contributed by atoms with E-state index in [1.54, 1.807) is 7.11 Å². The predicted molar refractivity (Wildman–Crippen MR) is 134 cm³/mol. The third-order valence-corrected chi connectivity index (χ3v) is 5.67. The largest absolute Gasteiger partial charge is 0.493 e. The second kappa shape index (κ2) is 13.8. The molecule has 1 aliphatic heterocycles. The molecule has 36 heavy (non-hydrogen) atoms. The number of carbonyl (C=O) groups is 2. The summed E-state index contributed by atoms with van der Waals surface area (Å²) in [6.07, 6.45) is 3.74. The Bertz CT molecular complexity index is 1090. The number of carboxylic acid groups (broad SMARTS) is 2. The zero-order valence-electron chi connectivity index (χ0n) is 20.2. The Morgan fingerprint density at radius 1 is 0.778 bits per heavy atom. The second-order valence-corrected chi connectivity index (χ2v) is 8.28. The van der Waals surface area contributed by atoms with Gasteiger partial charge < -0.3 is 19.7 Å². The number of methoxy groups -OCH3 is 1. The monoisotopic (exact) mass is 493 g/mol. The van der Waals surface area contributed by atoms with Crippen LogP contribution in [-0.2, 0) is 29.3 Å². The molecule has 2 N–H and O–H groups in total. The number of ether oxygens (including phenoxy) is 2. The lowest BCUT2D eigenvalue weighted by Crippen LogP contribution is -2.45. The van der Waals surface area contributed by atoms with Gasteiger partial charge in [0, 0.05) is 51.7 Å². The van der Waals surface area contributed by atoms with Crippen LogP contribution >= 0.6 is 0 Å². The molecule has 0 radical (unpaired) electrons. The fraction of sp³-hybridized carbons (Fsp3) is 0.296. The van der Waals surface area contributed by atoms with Crippen molar-refractivity contribution in [2.45, 2.75) is 19.7 Å². The highest BCUT2D eigenvalue weighted by Gasteiger charge is 2.18. The maximum atomic E-state index is 9.10. The quantitative estimate of drug-likeness (QED) is 0.457. The van der Waals surface area contributed by atoms with Crippen LogP contribution in [0.3, 0.4) is 0 Å². The van der Waals surface area contributed by atoms with Gasteiger partial charge in [-0.2, -0.15) is 0 Å². The topological polar surface area (TPSA) is 112 Å². The number of piperazine rings is 1. The maximum absolute atomic E-state index is 9.10. The zero-order valence-corrected chi connectivity index (χ0v) is 20.2. The van der Waals surface area contributed by atoms with Gasteiger partial charge in [0.25, 0.3) is 0 Å². The molecule has 190 valence electrons. The van der Waals surface area contributed by atoms with Crippen molar-refractivity contribution >= 4 is 11.9 Å². The summed E-state index contributed by atoms with van der Waals surface area (Å²) >= 11 is 0. The lowest BCUT2D eigenvalue weighted by Gasteiger charge is -2.34. The fourth-order valence-electron chi connectivity index (χ4n) is 3.78. The summed E-state index contributed by atoms with van der Waals surface area (Å²) in [4.78, 5) is 27.3. The van der Waals surface area contributed by atoms with Gasteiger partial charge in [0.15, 0.2) is 11.5 Å². The Morgan fingerprint density at radius 2 is 1.36 bits per heavy atom. The lowest BCUT2D eigenvalue weighted by molar-refractivity contribution is -0.159. The number of carboxylic acids is 2. The SMILES string of the molecule is COc1ccc(CN2CCN(Cc3ccncc3)CC2)cc1OCc1ccccc1.O=C(O)C(=O)O. The minimum Gasteiger partial charge on any atom is -0.493 e. The second-order valence-electron chi connectivity index (χ2n) is 8.28. The average Bonchev–Trinajstić information content (AvgIpc) is 2.90. The third-order valence-electron chi connectivity index (χ3n) is 5.67. The molecule has 1 saturated heterocycles. The molecular formula is C27H31N3O6. The van der Waals surface area contributed by atoms with Crippen molar-refractivity contribution in [1.82, 2.24) is 14.8 Å². The van der Waals surface area contributed by atoms with Crippen LogP contribution in [0.25, 0.3) is 0 Å². The van der Waals surface area contributed by atoms with Crippen LogP contribution in [-0.4, -0.2) is 70.2 Å². The molecule has 1 fully saturated rings. The van der Waals surface area contributed by atoms with Crippen LogP contribution in [0.1, 0.15) is 16.7 Å². The molecule has 0 amide bonds. The molecule has 1 aliphatic rings. The van der Waals surface area contributed by atoms with E-state index in [1.807, 2.05) is 36.7 Å². The van der Waals surface area contributed by atoms with E-state index in [4.69, 9.17) is 29.3 Å². The van der Waals surface area contributed by atoms with Crippen molar-refractivity contribution in [1.29, 1.82) is 0 Å². The van der Waals surface area contributed by atoms with E-state index < -0.39 is 11.9 Å². The molecule has 0 atom stereocenters. The van der Waals surface area contributed by atoms with E-state index in [0.717, 1.165) is 56.3 Å². The molecule has 4 rings (SSSR count). The number of hydrogen-bond acceptors (Lipinski definition) is 7. The normalized spacial score (nSPS) is 13.8. The number of benzene rings is 2. The molecular weight excluding hydrogens is 462 g/mol. The van der Waals surface area contributed by atoms with Gasteiger partial charge in [-0.1, -0.05) is 36.4 Å². The third kappa shape index (κ3) is 8.68. The highest BCUT2D eigenvalue weighted by molar-refractivity contribution is 6.27. The van der Waals surface area contributed by atoms with E-state index in [0.29, 0.717) is 6.61 Å². The van der Waals surface area contributed by atoms with Crippen LogP contribution in [0.2, 0.25) is 0 Å². The average molecular weight is 494 g/mol. The van der Waals surface area contributed by atoms with Crippen molar-refractivity contribution in [3.8, 4) is 11.5 Å². The van der Waals surface area contributed by atoms with E-state index in [-0.39, 0.29) is 0 Å². The molecule has 0 unspecified atom stereocenters. The zero-order chi connectivity index (χ0) is 25.8. The van der Waals surface area contributed by atoms with E-state index in [9.17, 15) is 0 Å². The minimum absolute atomic E-state index is 0.536. The van der Waals surface area contributed by atoms with Crippen LogP contribution in [0.4, 0.5) is 0 Å². The van der Waals surface area contributed by atoms with Gasteiger partial charge in [0.2, 0.25) is 0 Å². The van der Waals surface area contributed by atoms with Crippen molar-refractivity contribution in [3.63, 3.8) is 0 Å². The first kappa shape index (κ1) is 26.7. The van der Waals surface area contributed by atoms with Gasteiger partial charge in [0.1, 0.15) is 6.61 Å². The summed E-state index contributed by atoms with van der Waals surface area (Å²) in [5.41, 5.74) is 3.73. The highest BCUT2D eigenvalue weighted by Crippen LogP contribution is 2.29. The molecule has 2 heterocycles. The molecule has 9 heteroatoms. The first-order valence-electron chi connectivity index (χ1n) is 11.6. The summed E-state index contributed by atoms with van der Waals surface area (Å²) in [6.45, 7) is 6.75. The number of aliphatic carboxylic acids is 2. The molecule has 1 aromatic heterocycles. The van der Waals surface area contributed by atoms with Crippen molar-refractivity contribution in [2.24, 2.45) is 0 Å². The van der Waals surface area contributed by atoms with Crippen molar-refractivity contribution in [3.05, 3.63) is 89.7 Å².